The Morgan fingerprint density at radius 1 is 1.27 bits per heavy atom. The lowest BCUT2D eigenvalue weighted by Gasteiger charge is -2.24. The van der Waals surface area contributed by atoms with Crippen LogP contribution < -0.4 is 0 Å². The molecule has 3 heterocycles. The molecular formula is C21H21F3N4O2. The quantitative estimate of drug-likeness (QED) is 0.611. The SMILES string of the molecule is COC[C@@H]1CCCN1C(=O)Cn1ncc2ncc(-c3ccc(F)c(C(F)F)c3)cc21. The first-order valence-electron chi connectivity index (χ1n) is 9.66. The third-order valence-electron chi connectivity index (χ3n) is 5.40. The van der Waals surface area contributed by atoms with Crippen LogP contribution in [-0.2, 0) is 16.1 Å². The number of aromatic nitrogens is 3. The van der Waals surface area contributed by atoms with Gasteiger partial charge in [-0.25, -0.2) is 13.2 Å². The molecule has 30 heavy (non-hydrogen) atoms. The number of pyridine rings is 1. The topological polar surface area (TPSA) is 60.2 Å². The van der Waals surface area contributed by atoms with Crippen molar-refractivity contribution < 1.29 is 22.7 Å². The minimum Gasteiger partial charge on any atom is -0.383 e. The Hall–Kier alpha value is -2.94. The standard InChI is InChI=1S/C21H21F3N4O2/c1-30-12-15-3-2-6-27(15)20(29)11-28-19-8-14(9-25-18(19)10-26-28)13-4-5-17(22)16(7-13)21(23)24/h4-5,7-10,15,21H,2-3,6,11-12H2,1H3/t15-/m0/s1. The molecule has 6 nitrogen and oxygen atoms in total. The van der Waals surface area contributed by atoms with E-state index in [0.29, 0.717) is 35.3 Å². The van der Waals surface area contributed by atoms with Gasteiger partial charge in [0, 0.05) is 25.4 Å². The summed E-state index contributed by atoms with van der Waals surface area (Å²) in [6.07, 6.45) is 2.00. The molecule has 2 aromatic heterocycles. The third-order valence-corrected chi connectivity index (χ3v) is 5.40. The summed E-state index contributed by atoms with van der Waals surface area (Å²) in [6, 6.07) is 5.35. The number of carbonyl (C=O) groups is 1. The molecule has 0 saturated carbocycles. The van der Waals surface area contributed by atoms with Gasteiger partial charge < -0.3 is 9.64 Å². The lowest BCUT2D eigenvalue weighted by atomic mass is 10.0. The van der Waals surface area contributed by atoms with Gasteiger partial charge in [0.2, 0.25) is 5.91 Å². The molecule has 0 bridgehead atoms. The largest absolute Gasteiger partial charge is 0.383 e. The van der Waals surface area contributed by atoms with E-state index in [-0.39, 0.29) is 18.5 Å². The molecule has 1 aliphatic heterocycles. The second-order valence-corrected chi connectivity index (χ2v) is 7.31. The van der Waals surface area contributed by atoms with Crippen LogP contribution in [0.1, 0.15) is 24.8 Å². The first kappa shape index (κ1) is 20.3. The number of halogens is 3. The maximum Gasteiger partial charge on any atom is 0.266 e. The highest BCUT2D eigenvalue weighted by Crippen LogP contribution is 2.29. The smallest absolute Gasteiger partial charge is 0.266 e. The summed E-state index contributed by atoms with van der Waals surface area (Å²) in [5.74, 6) is -1.01. The molecule has 1 atom stereocenters. The van der Waals surface area contributed by atoms with E-state index in [0.717, 1.165) is 25.0 Å². The monoisotopic (exact) mass is 418 g/mol. The Labute approximate surface area is 171 Å². The second-order valence-electron chi connectivity index (χ2n) is 7.31. The fourth-order valence-corrected chi connectivity index (χ4v) is 3.88. The van der Waals surface area contributed by atoms with Crippen molar-refractivity contribution in [1.82, 2.24) is 19.7 Å². The van der Waals surface area contributed by atoms with Crippen molar-refractivity contribution in [3.8, 4) is 11.1 Å². The highest BCUT2D eigenvalue weighted by atomic mass is 19.3. The average molecular weight is 418 g/mol. The van der Waals surface area contributed by atoms with Gasteiger partial charge in [0.25, 0.3) is 6.43 Å². The molecule has 1 aliphatic rings. The van der Waals surface area contributed by atoms with E-state index in [9.17, 15) is 18.0 Å². The summed E-state index contributed by atoms with van der Waals surface area (Å²) in [6.45, 7) is 1.22. The minimum absolute atomic E-state index is 0.0422. The first-order valence-corrected chi connectivity index (χ1v) is 9.66. The van der Waals surface area contributed by atoms with Gasteiger partial charge in [0.05, 0.1) is 29.9 Å². The van der Waals surface area contributed by atoms with Crippen molar-refractivity contribution >= 4 is 16.9 Å². The third kappa shape index (κ3) is 3.89. The molecule has 4 rings (SSSR count). The van der Waals surface area contributed by atoms with E-state index in [1.807, 2.05) is 4.90 Å². The number of methoxy groups -OCH3 is 1. The predicted octanol–water partition coefficient (Wildman–Crippen LogP) is 3.81. The zero-order valence-corrected chi connectivity index (χ0v) is 16.4. The highest BCUT2D eigenvalue weighted by Gasteiger charge is 2.29. The maximum atomic E-state index is 13.6. The van der Waals surface area contributed by atoms with Gasteiger partial charge >= 0.3 is 0 Å². The molecule has 9 heteroatoms. The molecular weight excluding hydrogens is 397 g/mol. The fourth-order valence-electron chi connectivity index (χ4n) is 3.88. The summed E-state index contributed by atoms with van der Waals surface area (Å²) in [5, 5.41) is 4.27. The van der Waals surface area contributed by atoms with Gasteiger partial charge in [-0.15, -0.1) is 0 Å². The van der Waals surface area contributed by atoms with E-state index >= 15 is 0 Å². The van der Waals surface area contributed by atoms with Crippen molar-refractivity contribution in [2.45, 2.75) is 31.9 Å². The molecule has 158 valence electrons. The van der Waals surface area contributed by atoms with Crippen molar-refractivity contribution in [1.29, 1.82) is 0 Å². The molecule has 0 radical (unpaired) electrons. The number of fused-ring (bicyclic) bond motifs is 1. The molecule has 0 aliphatic carbocycles. The van der Waals surface area contributed by atoms with E-state index in [1.165, 1.54) is 12.3 Å². The lowest BCUT2D eigenvalue weighted by molar-refractivity contribution is -0.133. The number of ether oxygens (including phenoxy) is 1. The van der Waals surface area contributed by atoms with Crippen molar-refractivity contribution in [3.05, 3.63) is 48.0 Å². The van der Waals surface area contributed by atoms with Crippen molar-refractivity contribution in [2.24, 2.45) is 0 Å². The number of hydrogen-bond acceptors (Lipinski definition) is 4. The van der Waals surface area contributed by atoms with Gasteiger partial charge in [-0.05, 0) is 36.6 Å². The van der Waals surface area contributed by atoms with E-state index in [1.54, 1.807) is 24.1 Å². The normalized spacial score (nSPS) is 16.7. The van der Waals surface area contributed by atoms with Crippen LogP contribution in [0.15, 0.2) is 36.7 Å². The Balaban J connectivity index is 1.62. The van der Waals surface area contributed by atoms with Gasteiger partial charge in [-0.1, -0.05) is 6.07 Å². The molecule has 1 amide bonds. The van der Waals surface area contributed by atoms with Crippen LogP contribution in [0.5, 0.6) is 0 Å². The summed E-state index contributed by atoms with van der Waals surface area (Å²) in [4.78, 5) is 18.9. The van der Waals surface area contributed by atoms with Crippen LogP contribution in [0.2, 0.25) is 0 Å². The van der Waals surface area contributed by atoms with Crippen LogP contribution in [-0.4, -0.2) is 51.9 Å². The Bertz CT molecular complexity index is 1070. The minimum atomic E-state index is -2.91. The number of carbonyl (C=O) groups excluding carboxylic acids is 1. The molecule has 1 aromatic carbocycles. The zero-order chi connectivity index (χ0) is 21.3. The van der Waals surface area contributed by atoms with Gasteiger partial charge in [-0.2, -0.15) is 5.10 Å². The summed E-state index contributed by atoms with van der Waals surface area (Å²) < 4.78 is 46.5. The Morgan fingerprint density at radius 3 is 2.87 bits per heavy atom. The van der Waals surface area contributed by atoms with Crippen molar-refractivity contribution in [3.63, 3.8) is 0 Å². The summed E-state index contributed by atoms with van der Waals surface area (Å²) in [5.41, 5.74) is 1.48. The first-order chi connectivity index (χ1) is 14.5. The van der Waals surface area contributed by atoms with Gasteiger partial charge in [-0.3, -0.25) is 14.5 Å². The van der Waals surface area contributed by atoms with E-state index in [2.05, 4.69) is 10.1 Å². The van der Waals surface area contributed by atoms with Crippen LogP contribution in [0.25, 0.3) is 22.2 Å². The fraction of sp³-hybridized carbons (Fsp3) is 0.381. The molecule has 1 fully saturated rings. The van der Waals surface area contributed by atoms with E-state index < -0.39 is 17.8 Å². The Kier molecular flexibility index (Phi) is 5.72. The highest BCUT2D eigenvalue weighted by molar-refractivity contribution is 5.83. The number of amides is 1. The average Bonchev–Trinajstić information content (AvgIpc) is 3.35. The Morgan fingerprint density at radius 2 is 2.10 bits per heavy atom. The van der Waals surface area contributed by atoms with Gasteiger partial charge in [0.1, 0.15) is 17.9 Å². The zero-order valence-electron chi connectivity index (χ0n) is 16.4. The predicted molar refractivity (Wildman–Crippen MR) is 104 cm³/mol. The molecule has 0 spiro atoms. The molecule has 0 N–H and O–H groups in total. The second kappa shape index (κ2) is 8.43. The van der Waals surface area contributed by atoms with Crippen LogP contribution in [0, 0.1) is 5.82 Å². The number of rotatable bonds is 6. The number of hydrogen-bond donors (Lipinski definition) is 0. The number of alkyl halides is 2. The van der Waals surface area contributed by atoms with Crippen LogP contribution in [0.3, 0.4) is 0 Å². The lowest BCUT2D eigenvalue weighted by Crippen LogP contribution is -2.40. The van der Waals surface area contributed by atoms with E-state index in [4.69, 9.17) is 4.74 Å². The molecule has 3 aromatic rings. The number of likely N-dealkylation sites (tertiary alicyclic amines) is 1. The number of nitrogens with zero attached hydrogens (tertiary/aromatic N) is 4. The van der Waals surface area contributed by atoms with Crippen LogP contribution in [0.4, 0.5) is 13.2 Å². The molecule has 1 saturated heterocycles. The van der Waals surface area contributed by atoms with Crippen molar-refractivity contribution in [2.75, 3.05) is 20.3 Å². The summed E-state index contributed by atoms with van der Waals surface area (Å²) >= 11 is 0. The van der Waals surface area contributed by atoms with Crippen LogP contribution >= 0.6 is 0 Å². The van der Waals surface area contributed by atoms with Gasteiger partial charge in [0.15, 0.2) is 0 Å². The number of benzene rings is 1. The summed E-state index contributed by atoms with van der Waals surface area (Å²) in [7, 11) is 1.62. The maximum absolute atomic E-state index is 13.6. The molecule has 0 unspecified atom stereocenters.